The van der Waals surface area contributed by atoms with Crippen molar-refractivity contribution in [2.24, 2.45) is 10.9 Å². The summed E-state index contributed by atoms with van der Waals surface area (Å²) in [6.45, 7) is 2.59. The van der Waals surface area contributed by atoms with E-state index in [1.54, 1.807) is 18.5 Å². The molecule has 2 N–H and O–H groups in total. The van der Waals surface area contributed by atoms with Gasteiger partial charge in [0, 0.05) is 38.8 Å². The summed E-state index contributed by atoms with van der Waals surface area (Å²) in [5.74, 6) is 2.03. The number of benzene rings is 1. The fraction of sp³-hybridized carbons (Fsp3) is 0.588. The van der Waals surface area contributed by atoms with E-state index in [1.165, 1.54) is 6.26 Å². The van der Waals surface area contributed by atoms with Crippen molar-refractivity contribution in [2.75, 3.05) is 40.0 Å². The molecule has 7 nitrogen and oxygen atoms in total. The van der Waals surface area contributed by atoms with Crippen molar-refractivity contribution >= 4 is 16.0 Å². The lowest BCUT2D eigenvalue weighted by molar-refractivity contribution is 0.275. The molecule has 1 fully saturated rings. The SMILES string of the molecule is CN=C(NCc1ccccc1OC)NCC1CCN(S(C)(=O)=O)CC1. The molecule has 140 valence electrons. The minimum Gasteiger partial charge on any atom is -0.496 e. The van der Waals surface area contributed by atoms with Gasteiger partial charge in [-0.1, -0.05) is 18.2 Å². The molecule has 0 atom stereocenters. The average Bonchev–Trinajstić information content (AvgIpc) is 2.61. The molecule has 0 amide bonds. The van der Waals surface area contributed by atoms with Crippen LogP contribution in [0.5, 0.6) is 5.75 Å². The number of hydrogen-bond donors (Lipinski definition) is 2. The Morgan fingerprint density at radius 2 is 1.96 bits per heavy atom. The van der Waals surface area contributed by atoms with E-state index in [2.05, 4.69) is 15.6 Å². The Morgan fingerprint density at radius 3 is 2.56 bits per heavy atom. The second-order valence-corrected chi connectivity index (χ2v) is 8.21. The Morgan fingerprint density at radius 1 is 1.28 bits per heavy atom. The third-order valence-electron chi connectivity index (χ3n) is 4.46. The van der Waals surface area contributed by atoms with Gasteiger partial charge in [-0.05, 0) is 24.8 Å². The summed E-state index contributed by atoms with van der Waals surface area (Å²) in [5, 5.41) is 6.62. The third-order valence-corrected chi connectivity index (χ3v) is 5.77. The number of aliphatic imine (C=N–C) groups is 1. The summed E-state index contributed by atoms with van der Waals surface area (Å²) >= 11 is 0. The predicted molar refractivity (Wildman–Crippen MR) is 100 cm³/mol. The highest BCUT2D eigenvalue weighted by Gasteiger charge is 2.24. The van der Waals surface area contributed by atoms with E-state index in [0.717, 1.165) is 36.7 Å². The van der Waals surface area contributed by atoms with Gasteiger partial charge in [-0.3, -0.25) is 4.99 Å². The lowest BCUT2D eigenvalue weighted by atomic mass is 9.98. The van der Waals surface area contributed by atoms with Crippen LogP contribution in [-0.2, 0) is 16.6 Å². The first-order chi connectivity index (χ1) is 11.9. The van der Waals surface area contributed by atoms with Gasteiger partial charge in [0.15, 0.2) is 5.96 Å². The van der Waals surface area contributed by atoms with E-state index in [0.29, 0.717) is 25.6 Å². The number of methoxy groups -OCH3 is 1. The molecule has 1 saturated heterocycles. The second-order valence-electron chi connectivity index (χ2n) is 6.22. The molecule has 0 aliphatic carbocycles. The highest BCUT2D eigenvalue weighted by molar-refractivity contribution is 7.88. The number of rotatable bonds is 6. The fourth-order valence-corrected chi connectivity index (χ4v) is 3.81. The molecule has 2 rings (SSSR count). The summed E-state index contributed by atoms with van der Waals surface area (Å²) in [4.78, 5) is 4.24. The zero-order chi connectivity index (χ0) is 18.3. The quantitative estimate of drug-likeness (QED) is 0.579. The molecule has 8 heteroatoms. The smallest absolute Gasteiger partial charge is 0.211 e. The molecule has 0 bridgehead atoms. The summed E-state index contributed by atoms with van der Waals surface area (Å²) in [6, 6.07) is 7.87. The number of piperidine rings is 1. The predicted octanol–water partition coefficient (Wildman–Crippen LogP) is 1.03. The van der Waals surface area contributed by atoms with Crippen LogP contribution in [0.1, 0.15) is 18.4 Å². The van der Waals surface area contributed by atoms with Gasteiger partial charge < -0.3 is 15.4 Å². The molecule has 0 spiro atoms. The normalized spacial score (nSPS) is 17.3. The van der Waals surface area contributed by atoms with E-state index >= 15 is 0 Å². The van der Waals surface area contributed by atoms with E-state index in [1.807, 2.05) is 24.3 Å². The summed E-state index contributed by atoms with van der Waals surface area (Å²) in [7, 11) is 0.335. The minimum absolute atomic E-state index is 0.447. The Kier molecular flexibility index (Phi) is 7.07. The number of nitrogens with one attached hydrogen (secondary N) is 2. The zero-order valence-electron chi connectivity index (χ0n) is 15.2. The van der Waals surface area contributed by atoms with Crippen molar-refractivity contribution in [1.82, 2.24) is 14.9 Å². The van der Waals surface area contributed by atoms with Crippen molar-refractivity contribution in [1.29, 1.82) is 0 Å². The largest absolute Gasteiger partial charge is 0.496 e. The van der Waals surface area contributed by atoms with E-state index in [-0.39, 0.29) is 0 Å². The van der Waals surface area contributed by atoms with Gasteiger partial charge in [0.2, 0.25) is 10.0 Å². The van der Waals surface area contributed by atoms with Crippen LogP contribution in [0.2, 0.25) is 0 Å². The van der Waals surface area contributed by atoms with Crippen LogP contribution in [-0.4, -0.2) is 58.7 Å². The summed E-state index contributed by atoms with van der Waals surface area (Å²) in [6.07, 6.45) is 3.00. The standard InChI is InChI=1S/C17H28N4O3S/c1-18-17(20-13-15-6-4-5-7-16(15)24-2)19-12-14-8-10-21(11-9-14)25(3,22)23/h4-7,14H,8-13H2,1-3H3,(H2,18,19,20). The number of para-hydroxylation sites is 1. The molecular formula is C17H28N4O3S. The second kappa shape index (κ2) is 9.05. The zero-order valence-corrected chi connectivity index (χ0v) is 16.0. The molecular weight excluding hydrogens is 340 g/mol. The Bertz CT molecular complexity index is 683. The molecule has 1 aliphatic heterocycles. The number of ether oxygens (including phenoxy) is 1. The molecule has 0 radical (unpaired) electrons. The van der Waals surface area contributed by atoms with Gasteiger partial charge in [0.1, 0.15) is 5.75 Å². The van der Waals surface area contributed by atoms with Crippen LogP contribution in [0.25, 0.3) is 0 Å². The Balaban J connectivity index is 1.78. The van der Waals surface area contributed by atoms with Crippen molar-refractivity contribution in [3.05, 3.63) is 29.8 Å². The number of guanidine groups is 1. The van der Waals surface area contributed by atoms with Gasteiger partial charge in [0.05, 0.1) is 13.4 Å². The van der Waals surface area contributed by atoms with Gasteiger partial charge in [-0.15, -0.1) is 0 Å². The molecule has 1 heterocycles. The van der Waals surface area contributed by atoms with Crippen LogP contribution in [0, 0.1) is 5.92 Å². The Hall–Kier alpha value is -1.80. The van der Waals surface area contributed by atoms with Gasteiger partial charge in [0.25, 0.3) is 0 Å². The highest BCUT2D eigenvalue weighted by atomic mass is 32.2. The van der Waals surface area contributed by atoms with Gasteiger partial charge >= 0.3 is 0 Å². The summed E-state index contributed by atoms with van der Waals surface area (Å²) < 4.78 is 30.0. The maximum absolute atomic E-state index is 11.5. The third kappa shape index (κ3) is 5.89. The van der Waals surface area contributed by atoms with Crippen molar-refractivity contribution in [3.8, 4) is 5.75 Å². The maximum atomic E-state index is 11.5. The van der Waals surface area contributed by atoms with Crippen molar-refractivity contribution in [3.63, 3.8) is 0 Å². The van der Waals surface area contributed by atoms with E-state index in [4.69, 9.17) is 4.74 Å². The molecule has 0 unspecified atom stereocenters. The fourth-order valence-electron chi connectivity index (χ4n) is 2.93. The topological polar surface area (TPSA) is 83.0 Å². The number of hydrogen-bond acceptors (Lipinski definition) is 4. The first-order valence-corrected chi connectivity index (χ1v) is 10.3. The van der Waals surface area contributed by atoms with Crippen LogP contribution in [0.4, 0.5) is 0 Å². The van der Waals surface area contributed by atoms with E-state index in [9.17, 15) is 8.42 Å². The lowest BCUT2D eigenvalue weighted by Crippen LogP contribution is -2.43. The average molecular weight is 369 g/mol. The van der Waals surface area contributed by atoms with Gasteiger partial charge in [-0.25, -0.2) is 12.7 Å². The van der Waals surface area contributed by atoms with E-state index < -0.39 is 10.0 Å². The highest BCUT2D eigenvalue weighted by Crippen LogP contribution is 2.18. The minimum atomic E-state index is -3.07. The molecule has 25 heavy (non-hydrogen) atoms. The number of nitrogens with zero attached hydrogens (tertiary/aromatic N) is 2. The molecule has 1 aliphatic rings. The molecule has 0 saturated carbocycles. The number of sulfonamides is 1. The Labute approximate surface area is 150 Å². The summed E-state index contributed by atoms with van der Waals surface area (Å²) in [5.41, 5.74) is 1.06. The maximum Gasteiger partial charge on any atom is 0.211 e. The first kappa shape index (κ1) is 19.5. The van der Waals surface area contributed by atoms with Crippen LogP contribution in [0.3, 0.4) is 0 Å². The molecule has 0 aromatic heterocycles. The molecule has 1 aromatic carbocycles. The van der Waals surface area contributed by atoms with Crippen molar-refractivity contribution < 1.29 is 13.2 Å². The van der Waals surface area contributed by atoms with Crippen molar-refractivity contribution in [2.45, 2.75) is 19.4 Å². The van der Waals surface area contributed by atoms with Crippen LogP contribution < -0.4 is 15.4 Å². The lowest BCUT2D eigenvalue weighted by Gasteiger charge is -2.30. The molecule has 1 aromatic rings. The first-order valence-electron chi connectivity index (χ1n) is 8.45. The van der Waals surface area contributed by atoms with Crippen LogP contribution in [0.15, 0.2) is 29.3 Å². The van der Waals surface area contributed by atoms with Crippen LogP contribution >= 0.6 is 0 Å². The monoisotopic (exact) mass is 368 g/mol. The van der Waals surface area contributed by atoms with Gasteiger partial charge in [-0.2, -0.15) is 0 Å².